The molecule has 0 saturated heterocycles. The van der Waals surface area contributed by atoms with Gasteiger partial charge in [0.15, 0.2) is 0 Å². The van der Waals surface area contributed by atoms with Gasteiger partial charge in [-0.05, 0) is 32.6 Å². The van der Waals surface area contributed by atoms with Gasteiger partial charge < -0.3 is 20.3 Å². The molecule has 1 aromatic carbocycles. The number of benzene rings is 1. The molecule has 1 aromatic rings. The van der Waals surface area contributed by atoms with Crippen molar-refractivity contribution in [3.63, 3.8) is 0 Å². The lowest BCUT2D eigenvalue weighted by atomic mass is 10.1. The summed E-state index contributed by atoms with van der Waals surface area (Å²) in [7, 11) is 5.15. The molecule has 1 saturated carbocycles. The first-order valence-corrected chi connectivity index (χ1v) is 7.84. The van der Waals surface area contributed by atoms with E-state index in [0.717, 1.165) is 6.54 Å². The van der Waals surface area contributed by atoms with Crippen LogP contribution in [0.1, 0.15) is 16.8 Å². The molecule has 0 spiro atoms. The number of anilines is 1. The molecule has 0 aliphatic heterocycles. The van der Waals surface area contributed by atoms with Crippen molar-refractivity contribution in [2.45, 2.75) is 6.42 Å². The van der Waals surface area contributed by atoms with E-state index in [9.17, 15) is 14.4 Å². The van der Waals surface area contributed by atoms with Crippen LogP contribution in [0.5, 0.6) is 0 Å². The molecule has 0 bridgehead atoms. The van der Waals surface area contributed by atoms with E-state index in [1.807, 2.05) is 19.0 Å². The van der Waals surface area contributed by atoms with Gasteiger partial charge in [-0.3, -0.25) is 9.59 Å². The minimum Gasteiger partial charge on any atom is -0.465 e. The van der Waals surface area contributed by atoms with Crippen LogP contribution in [0.25, 0.3) is 0 Å². The SMILES string of the molecule is COC(=O)c1ccccc1NC(=O)C1CC1C(=O)NCCN(C)C. The first-order chi connectivity index (χ1) is 11.4. The third-order valence-electron chi connectivity index (χ3n) is 3.91. The summed E-state index contributed by atoms with van der Waals surface area (Å²) in [4.78, 5) is 38.0. The minimum atomic E-state index is -0.514. The maximum Gasteiger partial charge on any atom is 0.339 e. The van der Waals surface area contributed by atoms with Crippen LogP contribution in [0.15, 0.2) is 24.3 Å². The number of hydrogen-bond acceptors (Lipinski definition) is 5. The zero-order valence-corrected chi connectivity index (χ0v) is 14.2. The van der Waals surface area contributed by atoms with Crippen LogP contribution in [-0.2, 0) is 14.3 Å². The number of amides is 2. The Morgan fingerprint density at radius 3 is 2.50 bits per heavy atom. The summed E-state index contributed by atoms with van der Waals surface area (Å²) < 4.78 is 4.70. The molecule has 1 aliphatic carbocycles. The zero-order valence-electron chi connectivity index (χ0n) is 14.2. The van der Waals surface area contributed by atoms with Crippen molar-refractivity contribution in [2.75, 3.05) is 39.6 Å². The fraction of sp³-hybridized carbons (Fsp3) is 0.471. The molecule has 2 atom stereocenters. The number of para-hydroxylation sites is 1. The van der Waals surface area contributed by atoms with Crippen molar-refractivity contribution >= 4 is 23.5 Å². The highest BCUT2D eigenvalue weighted by Crippen LogP contribution is 2.39. The maximum atomic E-state index is 12.3. The second-order valence-electron chi connectivity index (χ2n) is 6.07. The molecule has 2 rings (SSSR count). The molecular formula is C17H23N3O4. The van der Waals surface area contributed by atoms with Gasteiger partial charge in [-0.15, -0.1) is 0 Å². The van der Waals surface area contributed by atoms with Crippen molar-refractivity contribution < 1.29 is 19.1 Å². The van der Waals surface area contributed by atoms with E-state index in [1.165, 1.54) is 7.11 Å². The van der Waals surface area contributed by atoms with Crippen molar-refractivity contribution in [3.05, 3.63) is 29.8 Å². The Bertz CT molecular complexity index is 630. The molecule has 2 N–H and O–H groups in total. The highest BCUT2D eigenvalue weighted by molar-refractivity contribution is 6.04. The van der Waals surface area contributed by atoms with Crippen LogP contribution in [0.3, 0.4) is 0 Å². The number of nitrogens with zero attached hydrogens (tertiary/aromatic N) is 1. The molecule has 0 radical (unpaired) electrons. The predicted molar refractivity (Wildman–Crippen MR) is 89.6 cm³/mol. The number of methoxy groups -OCH3 is 1. The van der Waals surface area contributed by atoms with E-state index in [0.29, 0.717) is 24.2 Å². The van der Waals surface area contributed by atoms with Gasteiger partial charge in [0.2, 0.25) is 11.8 Å². The van der Waals surface area contributed by atoms with E-state index in [1.54, 1.807) is 24.3 Å². The fourth-order valence-electron chi connectivity index (χ4n) is 2.41. The van der Waals surface area contributed by atoms with Gasteiger partial charge in [-0.2, -0.15) is 0 Å². The summed E-state index contributed by atoms with van der Waals surface area (Å²) >= 11 is 0. The summed E-state index contributed by atoms with van der Waals surface area (Å²) in [6, 6.07) is 6.64. The molecule has 0 heterocycles. The summed E-state index contributed by atoms with van der Waals surface area (Å²) in [6.45, 7) is 1.31. The Kier molecular flexibility index (Phi) is 5.92. The third-order valence-corrected chi connectivity index (χ3v) is 3.91. The van der Waals surface area contributed by atoms with Crippen LogP contribution in [0.2, 0.25) is 0 Å². The average Bonchev–Trinajstić information content (AvgIpc) is 3.35. The van der Waals surface area contributed by atoms with E-state index < -0.39 is 5.97 Å². The number of carbonyl (C=O) groups excluding carboxylic acids is 3. The zero-order chi connectivity index (χ0) is 17.7. The molecular weight excluding hydrogens is 310 g/mol. The second kappa shape index (κ2) is 7.92. The van der Waals surface area contributed by atoms with Crippen molar-refractivity contribution in [1.29, 1.82) is 0 Å². The molecule has 130 valence electrons. The number of hydrogen-bond donors (Lipinski definition) is 2. The van der Waals surface area contributed by atoms with E-state index >= 15 is 0 Å². The Hall–Kier alpha value is -2.41. The average molecular weight is 333 g/mol. The number of nitrogens with one attached hydrogen (secondary N) is 2. The molecule has 24 heavy (non-hydrogen) atoms. The molecule has 7 nitrogen and oxygen atoms in total. The van der Waals surface area contributed by atoms with Gasteiger partial charge in [-0.1, -0.05) is 12.1 Å². The molecule has 2 amide bonds. The van der Waals surface area contributed by atoms with E-state index in [2.05, 4.69) is 10.6 Å². The Balaban J connectivity index is 1.89. The van der Waals surface area contributed by atoms with E-state index in [-0.39, 0.29) is 23.7 Å². The summed E-state index contributed by atoms with van der Waals surface area (Å²) in [6.07, 6.45) is 0.528. The van der Waals surface area contributed by atoms with Crippen molar-refractivity contribution in [1.82, 2.24) is 10.2 Å². The Morgan fingerprint density at radius 1 is 1.17 bits per heavy atom. The topological polar surface area (TPSA) is 87.7 Å². The van der Waals surface area contributed by atoms with Crippen LogP contribution < -0.4 is 10.6 Å². The number of carbonyl (C=O) groups is 3. The smallest absolute Gasteiger partial charge is 0.339 e. The Morgan fingerprint density at radius 2 is 1.83 bits per heavy atom. The first kappa shape index (κ1) is 17.9. The lowest BCUT2D eigenvalue weighted by molar-refractivity contribution is -0.125. The van der Waals surface area contributed by atoms with Crippen LogP contribution in [-0.4, -0.2) is 57.0 Å². The summed E-state index contributed by atoms with van der Waals surface area (Å²) in [5, 5.41) is 5.55. The van der Waals surface area contributed by atoms with Crippen LogP contribution >= 0.6 is 0 Å². The monoisotopic (exact) mass is 333 g/mol. The lowest BCUT2D eigenvalue weighted by Crippen LogP contribution is -2.33. The van der Waals surface area contributed by atoms with Gasteiger partial charge in [0.05, 0.1) is 30.2 Å². The Labute approximate surface area is 141 Å². The summed E-state index contributed by atoms with van der Waals surface area (Å²) in [5.41, 5.74) is 0.689. The van der Waals surface area contributed by atoms with Gasteiger partial charge in [0, 0.05) is 13.1 Å². The number of rotatable bonds is 7. The molecule has 1 fully saturated rings. The standard InChI is InChI=1S/C17H23N3O4/c1-20(2)9-8-18-15(21)12-10-13(12)16(22)19-14-7-5-4-6-11(14)17(23)24-3/h4-7,12-13H,8-10H2,1-3H3,(H,18,21)(H,19,22). The maximum absolute atomic E-state index is 12.3. The molecule has 2 unspecified atom stereocenters. The molecule has 1 aliphatic rings. The van der Waals surface area contributed by atoms with Gasteiger partial charge in [0.1, 0.15) is 0 Å². The number of esters is 1. The van der Waals surface area contributed by atoms with Crippen molar-refractivity contribution in [2.24, 2.45) is 11.8 Å². The highest BCUT2D eigenvalue weighted by atomic mass is 16.5. The highest BCUT2D eigenvalue weighted by Gasteiger charge is 2.48. The summed E-state index contributed by atoms with van der Waals surface area (Å²) in [5.74, 6) is -1.51. The van der Waals surface area contributed by atoms with E-state index in [4.69, 9.17) is 4.74 Å². The number of ether oxygens (including phenoxy) is 1. The first-order valence-electron chi connectivity index (χ1n) is 7.84. The largest absolute Gasteiger partial charge is 0.465 e. The van der Waals surface area contributed by atoms with Crippen molar-refractivity contribution in [3.8, 4) is 0 Å². The number of likely N-dealkylation sites (N-methyl/N-ethyl adjacent to an activating group) is 1. The van der Waals surface area contributed by atoms with Gasteiger partial charge >= 0.3 is 5.97 Å². The predicted octanol–water partition coefficient (Wildman–Crippen LogP) is 0.726. The third kappa shape index (κ3) is 4.55. The second-order valence-corrected chi connectivity index (χ2v) is 6.07. The van der Waals surface area contributed by atoms with Crippen LogP contribution in [0, 0.1) is 11.8 Å². The lowest BCUT2D eigenvalue weighted by Gasteiger charge is -2.11. The van der Waals surface area contributed by atoms with Gasteiger partial charge in [-0.25, -0.2) is 4.79 Å². The van der Waals surface area contributed by atoms with Gasteiger partial charge in [0.25, 0.3) is 0 Å². The quantitative estimate of drug-likeness (QED) is 0.718. The minimum absolute atomic E-state index is 0.0988. The normalized spacial score (nSPS) is 18.8. The fourth-order valence-corrected chi connectivity index (χ4v) is 2.41. The molecule has 7 heteroatoms. The van der Waals surface area contributed by atoms with Crippen LogP contribution in [0.4, 0.5) is 5.69 Å². The molecule has 0 aromatic heterocycles.